The van der Waals surface area contributed by atoms with Crippen molar-refractivity contribution >= 4 is 16.2 Å². The molecule has 0 aliphatic rings. The third-order valence-electron chi connectivity index (χ3n) is 2.66. The molecule has 0 aliphatic carbocycles. The number of unbranched alkanes of at least 4 members (excludes halogenated alkanes) is 7. The van der Waals surface area contributed by atoms with Crippen molar-refractivity contribution in [3.8, 4) is 0 Å². The maximum Gasteiger partial charge on any atom is 0.397 e. The number of Topliss-reactive ketones (excluding diaryl/α,β-unsaturated/α-hetero) is 1. The number of ketones is 1. The molecule has 18 heavy (non-hydrogen) atoms. The van der Waals surface area contributed by atoms with Gasteiger partial charge in [-0.15, -0.1) is 0 Å². The van der Waals surface area contributed by atoms with Gasteiger partial charge < -0.3 is 4.79 Å². The number of hydrogen-bond acceptors (Lipinski definition) is 4. The fourth-order valence-corrected chi connectivity index (χ4v) is 2.03. The molecule has 1 N–H and O–H groups in total. The Bertz CT molecular complexity index is 310. The Kier molecular flexibility index (Phi) is 10.2. The quantitative estimate of drug-likeness (QED) is 0.439. The van der Waals surface area contributed by atoms with Crippen molar-refractivity contribution in [1.29, 1.82) is 0 Å². The third-order valence-corrected chi connectivity index (χ3v) is 3.12. The van der Waals surface area contributed by atoms with Crippen molar-refractivity contribution in [3.63, 3.8) is 0 Å². The van der Waals surface area contributed by atoms with E-state index in [-0.39, 0.29) is 12.4 Å². The molecule has 0 amide bonds. The molecule has 0 aromatic carbocycles. The summed E-state index contributed by atoms with van der Waals surface area (Å²) in [7, 11) is -4.27. The van der Waals surface area contributed by atoms with Crippen LogP contribution in [0.5, 0.6) is 0 Å². The maximum absolute atomic E-state index is 10.7. The average Bonchev–Trinajstić information content (AvgIpc) is 2.24. The Morgan fingerprint density at radius 1 is 0.944 bits per heavy atom. The fraction of sp³-hybridized carbons (Fsp3) is 0.917. The Morgan fingerprint density at radius 3 is 1.83 bits per heavy atom. The van der Waals surface area contributed by atoms with E-state index in [4.69, 9.17) is 4.55 Å². The normalized spacial score (nSPS) is 11.7. The number of rotatable bonds is 12. The molecule has 0 atom stereocenters. The average molecular weight is 280 g/mol. The smallest absolute Gasteiger partial charge is 0.300 e. The van der Waals surface area contributed by atoms with E-state index in [1.807, 2.05) is 0 Å². The number of carbonyl (C=O) groups excluding carboxylic acids is 1. The minimum atomic E-state index is -4.27. The second-order valence-electron chi connectivity index (χ2n) is 4.53. The van der Waals surface area contributed by atoms with Crippen LogP contribution in [-0.4, -0.2) is 25.4 Å². The van der Waals surface area contributed by atoms with Crippen LogP contribution in [0, 0.1) is 0 Å². The molecule has 5 nitrogen and oxygen atoms in total. The minimum absolute atomic E-state index is 0.0530. The van der Waals surface area contributed by atoms with E-state index >= 15 is 0 Å². The zero-order valence-electron chi connectivity index (χ0n) is 11.1. The highest BCUT2D eigenvalue weighted by Crippen LogP contribution is 2.10. The topological polar surface area (TPSA) is 80.7 Å². The molecule has 0 saturated carbocycles. The van der Waals surface area contributed by atoms with Gasteiger partial charge in [0.1, 0.15) is 5.78 Å². The molecule has 0 heterocycles. The van der Waals surface area contributed by atoms with Gasteiger partial charge in [0.05, 0.1) is 6.61 Å². The van der Waals surface area contributed by atoms with Crippen molar-refractivity contribution in [3.05, 3.63) is 0 Å². The second-order valence-corrected chi connectivity index (χ2v) is 5.62. The molecule has 0 radical (unpaired) electrons. The van der Waals surface area contributed by atoms with E-state index < -0.39 is 10.4 Å². The lowest BCUT2D eigenvalue weighted by Gasteiger charge is -2.02. The van der Waals surface area contributed by atoms with Crippen LogP contribution >= 0.6 is 0 Å². The first-order valence-electron chi connectivity index (χ1n) is 6.53. The highest BCUT2D eigenvalue weighted by Gasteiger charge is 2.02. The summed E-state index contributed by atoms with van der Waals surface area (Å²) in [6.07, 6.45) is 8.78. The first-order valence-corrected chi connectivity index (χ1v) is 7.89. The van der Waals surface area contributed by atoms with E-state index in [0.29, 0.717) is 12.8 Å². The summed E-state index contributed by atoms with van der Waals surface area (Å²) in [5.74, 6) is 0.258. The molecule has 6 heteroatoms. The van der Waals surface area contributed by atoms with Crippen molar-refractivity contribution in [2.45, 2.75) is 64.7 Å². The Labute approximate surface area is 110 Å². The van der Waals surface area contributed by atoms with Crippen LogP contribution in [0.15, 0.2) is 0 Å². The van der Waals surface area contributed by atoms with Crippen molar-refractivity contribution < 1.29 is 21.9 Å². The predicted octanol–water partition coefficient (Wildman–Crippen LogP) is 2.91. The molecular weight excluding hydrogens is 256 g/mol. The van der Waals surface area contributed by atoms with E-state index in [2.05, 4.69) is 4.18 Å². The van der Waals surface area contributed by atoms with Gasteiger partial charge >= 0.3 is 10.4 Å². The molecule has 0 aromatic rings. The largest absolute Gasteiger partial charge is 0.397 e. The summed E-state index contributed by atoms with van der Waals surface area (Å²) < 4.78 is 33.0. The molecule has 0 aromatic heterocycles. The summed E-state index contributed by atoms with van der Waals surface area (Å²) >= 11 is 0. The van der Waals surface area contributed by atoms with Crippen molar-refractivity contribution in [2.75, 3.05) is 6.61 Å². The van der Waals surface area contributed by atoms with Gasteiger partial charge in [0.15, 0.2) is 0 Å². The second kappa shape index (κ2) is 10.5. The third kappa shape index (κ3) is 15.5. The maximum atomic E-state index is 10.7. The molecule has 0 rings (SSSR count). The van der Waals surface area contributed by atoms with Gasteiger partial charge in [-0.25, -0.2) is 4.18 Å². The first-order chi connectivity index (χ1) is 8.42. The van der Waals surface area contributed by atoms with Crippen LogP contribution < -0.4 is 0 Å². The molecule has 0 bridgehead atoms. The zero-order valence-corrected chi connectivity index (χ0v) is 11.9. The monoisotopic (exact) mass is 280 g/mol. The minimum Gasteiger partial charge on any atom is -0.300 e. The Balaban J connectivity index is 3.10. The molecule has 0 unspecified atom stereocenters. The van der Waals surface area contributed by atoms with Gasteiger partial charge in [0, 0.05) is 6.42 Å². The van der Waals surface area contributed by atoms with Crippen LogP contribution in [0.3, 0.4) is 0 Å². The number of carbonyl (C=O) groups is 1. The zero-order chi connectivity index (χ0) is 13.9. The SMILES string of the molecule is CC(=O)CCCCCCCCCCOS(=O)(=O)O. The van der Waals surface area contributed by atoms with Gasteiger partial charge in [0.25, 0.3) is 0 Å². The van der Waals surface area contributed by atoms with Crippen LogP contribution in [0.1, 0.15) is 64.7 Å². The summed E-state index contributed by atoms with van der Waals surface area (Å²) in [4.78, 5) is 10.7. The Hall–Kier alpha value is -0.460. The first kappa shape index (κ1) is 17.5. The molecule has 0 saturated heterocycles. The lowest BCUT2D eigenvalue weighted by atomic mass is 10.1. The highest BCUT2D eigenvalue weighted by molar-refractivity contribution is 7.80. The van der Waals surface area contributed by atoms with Gasteiger partial charge in [-0.2, -0.15) is 8.42 Å². The standard InChI is InChI=1S/C12H24O5S/c1-12(13)10-8-6-4-2-3-5-7-9-11-17-18(14,15)16/h2-11H2,1H3,(H,14,15,16). The highest BCUT2D eigenvalue weighted by atomic mass is 32.3. The predicted molar refractivity (Wildman–Crippen MR) is 69.7 cm³/mol. The van der Waals surface area contributed by atoms with Gasteiger partial charge in [-0.3, -0.25) is 4.55 Å². The van der Waals surface area contributed by atoms with Crippen molar-refractivity contribution in [1.82, 2.24) is 0 Å². The van der Waals surface area contributed by atoms with E-state index in [1.165, 1.54) is 0 Å². The summed E-state index contributed by atoms with van der Waals surface area (Å²) in [6, 6.07) is 0. The van der Waals surface area contributed by atoms with Crippen LogP contribution in [0.25, 0.3) is 0 Å². The van der Waals surface area contributed by atoms with Gasteiger partial charge in [-0.1, -0.05) is 38.5 Å². The molecule has 108 valence electrons. The van der Waals surface area contributed by atoms with Crippen LogP contribution in [-0.2, 0) is 19.4 Å². The lowest BCUT2D eigenvalue weighted by Crippen LogP contribution is -2.04. The fourth-order valence-electron chi connectivity index (χ4n) is 1.70. The van der Waals surface area contributed by atoms with Crippen LogP contribution in [0.2, 0.25) is 0 Å². The van der Waals surface area contributed by atoms with E-state index in [0.717, 1.165) is 44.9 Å². The Morgan fingerprint density at radius 2 is 1.39 bits per heavy atom. The van der Waals surface area contributed by atoms with Crippen molar-refractivity contribution in [2.24, 2.45) is 0 Å². The molecule has 0 fully saturated rings. The number of hydrogen-bond donors (Lipinski definition) is 1. The molecule has 0 spiro atoms. The molecule has 0 aliphatic heterocycles. The molecular formula is C12H24O5S. The van der Waals surface area contributed by atoms with Gasteiger partial charge in [0.2, 0.25) is 0 Å². The van der Waals surface area contributed by atoms with Crippen LogP contribution in [0.4, 0.5) is 0 Å². The summed E-state index contributed by atoms with van der Waals surface area (Å²) in [6.45, 7) is 1.67. The van der Waals surface area contributed by atoms with E-state index in [9.17, 15) is 13.2 Å². The summed E-state index contributed by atoms with van der Waals surface area (Å²) in [5.41, 5.74) is 0. The van der Waals surface area contributed by atoms with Gasteiger partial charge in [-0.05, 0) is 19.8 Å². The van der Waals surface area contributed by atoms with E-state index in [1.54, 1.807) is 6.92 Å². The lowest BCUT2D eigenvalue weighted by molar-refractivity contribution is -0.117. The summed E-state index contributed by atoms with van der Waals surface area (Å²) in [5, 5.41) is 0.